The number of hydrogen-bond donors (Lipinski definition) is 2. The lowest BCUT2D eigenvalue weighted by atomic mass is 9.86. The highest BCUT2D eigenvalue weighted by Crippen LogP contribution is 2.31. The predicted molar refractivity (Wildman–Crippen MR) is 116 cm³/mol. The summed E-state index contributed by atoms with van der Waals surface area (Å²) in [5, 5.41) is 9.52. The number of halogens is 1. The standard InChI is InChI=1S/C21H31FN4OS/c1-5-28(21(2,3)4)23-14-15-10-12-16(13-11-15)24-20-25-19(26-27-20)17-8-6-7-9-18(17)22/h5-9,15-16,23H,10-14H2,1-4H3,(H,24,25,26). The fraction of sp³-hybridized carbons (Fsp3) is 0.571. The van der Waals surface area contributed by atoms with Crippen LogP contribution in [0.3, 0.4) is 0 Å². The van der Waals surface area contributed by atoms with E-state index in [2.05, 4.69) is 53.2 Å². The van der Waals surface area contributed by atoms with Gasteiger partial charge in [-0.3, -0.25) is 4.72 Å². The van der Waals surface area contributed by atoms with Gasteiger partial charge in [-0.15, -0.1) is 10.7 Å². The summed E-state index contributed by atoms with van der Waals surface area (Å²) in [5.41, 5.74) is 0.357. The number of hydrogen-bond acceptors (Lipinski definition) is 5. The van der Waals surface area contributed by atoms with Crippen molar-refractivity contribution >= 4 is 22.1 Å². The highest BCUT2D eigenvalue weighted by atomic mass is 32.2. The number of aromatic nitrogens is 2. The van der Waals surface area contributed by atoms with E-state index >= 15 is 0 Å². The van der Waals surface area contributed by atoms with Crippen LogP contribution in [0.1, 0.15) is 53.4 Å². The molecule has 1 unspecified atom stereocenters. The first-order valence-corrected chi connectivity index (χ1v) is 11.3. The number of nitrogens with one attached hydrogen (secondary N) is 2. The van der Waals surface area contributed by atoms with Crippen molar-refractivity contribution in [2.45, 2.75) is 64.2 Å². The minimum Gasteiger partial charge on any atom is -0.335 e. The Hall–Kier alpha value is -1.73. The van der Waals surface area contributed by atoms with Crippen LogP contribution in [0.15, 0.2) is 28.8 Å². The van der Waals surface area contributed by atoms with Crippen molar-refractivity contribution in [2.75, 3.05) is 11.9 Å². The quantitative estimate of drug-likeness (QED) is 0.642. The van der Waals surface area contributed by atoms with Crippen LogP contribution in [0, 0.1) is 11.7 Å². The highest BCUT2D eigenvalue weighted by Gasteiger charge is 2.24. The van der Waals surface area contributed by atoms with E-state index in [4.69, 9.17) is 4.52 Å². The molecule has 5 nitrogen and oxygen atoms in total. The molecule has 1 aromatic carbocycles. The Kier molecular flexibility index (Phi) is 6.88. The molecule has 1 aromatic heterocycles. The largest absolute Gasteiger partial charge is 0.335 e. The van der Waals surface area contributed by atoms with Gasteiger partial charge in [-0.05, 0) is 56.0 Å². The molecule has 3 rings (SSSR count). The molecule has 0 spiro atoms. The van der Waals surface area contributed by atoms with Gasteiger partial charge in [-0.25, -0.2) is 4.39 Å². The second-order valence-corrected chi connectivity index (χ2v) is 11.0. The number of rotatable bonds is 6. The molecule has 154 valence electrons. The van der Waals surface area contributed by atoms with E-state index in [1.807, 2.05) is 0 Å². The first-order valence-electron chi connectivity index (χ1n) is 9.98. The van der Waals surface area contributed by atoms with Crippen LogP contribution in [-0.2, 0) is 0 Å². The van der Waals surface area contributed by atoms with Crippen molar-refractivity contribution in [3.8, 4) is 11.4 Å². The molecule has 0 aliphatic heterocycles. The zero-order chi connectivity index (χ0) is 20.1. The maximum Gasteiger partial charge on any atom is 0.322 e. The molecule has 2 N–H and O–H groups in total. The molecule has 28 heavy (non-hydrogen) atoms. The van der Waals surface area contributed by atoms with Gasteiger partial charge in [0, 0.05) is 17.3 Å². The molecule has 7 heteroatoms. The molecular formula is C21H31FN4OS. The molecule has 1 aliphatic rings. The Bertz CT molecular complexity index is 807. The minimum absolute atomic E-state index is 0.137. The van der Waals surface area contributed by atoms with E-state index in [1.165, 1.54) is 18.9 Å². The summed E-state index contributed by atoms with van der Waals surface area (Å²) in [6, 6.07) is 7.15. The number of benzene rings is 1. The number of anilines is 1. The van der Waals surface area contributed by atoms with Gasteiger partial charge in [0.1, 0.15) is 5.82 Å². The third kappa shape index (κ3) is 5.41. The van der Waals surface area contributed by atoms with Gasteiger partial charge in [0.05, 0.1) is 5.56 Å². The molecule has 2 aromatic rings. The molecular weight excluding hydrogens is 375 g/mol. The average molecular weight is 407 g/mol. The average Bonchev–Trinajstić information content (AvgIpc) is 3.11. The van der Waals surface area contributed by atoms with Gasteiger partial charge in [0.15, 0.2) is 0 Å². The molecule has 1 fully saturated rings. The summed E-state index contributed by atoms with van der Waals surface area (Å²) in [5.74, 6) is 0.636. The lowest BCUT2D eigenvalue weighted by Crippen LogP contribution is -2.32. The molecule has 0 bridgehead atoms. The van der Waals surface area contributed by atoms with Crippen LogP contribution in [-0.4, -0.2) is 32.8 Å². The Morgan fingerprint density at radius 1 is 1.21 bits per heavy atom. The van der Waals surface area contributed by atoms with Crippen LogP contribution in [0.4, 0.5) is 10.4 Å². The van der Waals surface area contributed by atoms with E-state index in [9.17, 15) is 4.39 Å². The lowest BCUT2D eigenvalue weighted by molar-refractivity contribution is 0.331. The zero-order valence-corrected chi connectivity index (χ0v) is 18.0. The SMILES string of the molecule is C/C=S(/NCC1CCC(Nc2nc(-c3ccccc3F)no2)CC1)C(C)(C)C. The highest BCUT2D eigenvalue weighted by molar-refractivity contribution is 8.14. The summed E-state index contributed by atoms with van der Waals surface area (Å²) >= 11 is 0. The number of nitrogens with zero attached hydrogens (tertiary/aromatic N) is 2. The van der Waals surface area contributed by atoms with Crippen LogP contribution in [0.2, 0.25) is 0 Å². The van der Waals surface area contributed by atoms with Crippen LogP contribution in [0.25, 0.3) is 11.4 Å². The summed E-state index contributed by atoms with van der Waals surface area (Å²) in [4.78, 5) is 4.31. The van der Waals surface area contributed by atoms with Gasteiger partial charge < -0.3 is 9.84 Å². The minimum atomic E-state index is -0.346. The van der Waals surface area contributed by atoms with Crippen LogP contribution in [0.5, 0.6) is 0 Å². The van der Waals surface area contributed by atoms with E-state index in [1.54, 1.807) is 18.2 Å². The Morgan fingerprint density at radius 2 is 1.93 bits per heavy atom. The van der Waals surface area contributed by atoms with E-state index in [0.29, 0.717) is 23.5 Å². The Balaban J connectivity index is 1.48. The zero-order valence-electron chi connectivity index (χ0n) is 17.2. The van der Waals surface area contributed by atoms with Crippen molar-refractivity contribution < 1.29 is 8.91 Å². The summed E-state index contributed by atoms with van der Waals surface area (Å²) in [6.45, 7) is 10.1. The lowest BCUT2D eigenvalue weighted by Gasteiger charge is -2.31. The normalized spacial score (nSPS) is 21.6. The molecule has 0 saturated heterocycles. The van der Waals surface area contributed by atoms with E-state index < -0.39 is 0 Å². The first-order chi connectivity index (χ1) is 13.4. The topological polar surface area (TPSA) is 63.0 Å². The predicted octanol–water partition coefficient (Wildman–Crippen LogP) is 5.24. The van der Waals surface area contributed by atoms with Gasteiger partial charge in [0.2, 0.25) is 5.82 Å². The summed E-state index contributed by atoms with van der Waals surface area (Å²) in [6.07, 6.45) is 4.49. The Morgan fingerprint density at radius 3 is 2.57 bits per heavy atom. The van der Waals surface area contributed by atoms with Crippen molar-refractivity contribution in [3.63, 3.8) is 0 Å². The van der Waals surface area contributed by atoms with Crippen molar-refractivity contribution in [2.24, 2.45) is 5.92 Å². The summed E-state index contributed by atoms with van der Waals surface area (Å²) < 4.78 is 23.2. The monoisotopic (exact) mass is 406 g/mol. The third-order valence-electron chi connectivity index (χ3n) is 5.14. The van der Waals surface area contributed by atoms with Gasteiger partial charge >= 0.3 is 6.01 Å². The van der Waals surface area contributed by atoms with Crippen LogP contribution < -0.4 is 10.0 Å². The molecule has 1 saturated carbocycles. The second-order valence-electron chi connectivity index (χ2n) is 8.30. The van der Waals surface area contributed by atoms with Crippen LogP contribution >= 0.6 is 10.7 Å². The van der Waals surface area contributed by atoms with Crippen molar-refractivity contribution in [1.82, 2.24) is 14.9 Å². The molecule has 0 amide bonds. The fourth-order valence-electron chi connectivity index (χ4n) is 3.58. The summed E-state index contributed by atoms with van der Waals surface area (Å²) in [7, 11) is 0.137. The maximum absolute atomic E-state index is 13.9. The molecule has 1 atom stereocenters. The third-order valence-corrected chi connectivity index (χ3v) is 7.41. The maximum atomic E-state index is 13.9. The Labute approximate surface area is 169 Å². The smallest absolute Gasteiger partial charge is 0.322 e. The molecule has 1 heterocycles. The van der Waals surface area contributed by atoms with E-state index in [-0.39, 0.29) is 27.1 Å². The van der Waals surface area contributed by atoms with Gasteiger partial charge in [-0.1, -0.05) is 38.1 Å². The van der Waals surface area contributed by atoms with E-state index in [0.717, 1.165) is 19.4 Å². The van der Waals surface area contributed by atoms with Crippen molar-refractivity contribution in [3.05, 3.63) is 30.1 Å². The fourth-order valence-corrected chi connectivity index (χ4v) is 5.30. The first kappa shape index (κ1) is 21.0. The second kappa shape index (κ2) is 9.18. The van der Waals surface area contributed by atoms with Crippen molar-refractivity contribution in [1.29, 1.82) is 0 Å². The molecule has 1 aliphatic carbocycles. The molecule has 0 radical (unpaired) electrons. The van der Waals surface area contributed by atoms with Gasteiger partial charge in [-0.2, -0.15) is 4.98 Å². The van der Waals surface area contributed by atoms with Gasteiger partial charge in [0.25, 0.3) is 0 Å².